The first kappa shape index (κ1) is 27.9. The standard InChI is InChI=1S/C30H38N8OS/c1-20-25(15-22(17-32-20)33-28(39)26-8-9-27(40-26)29(2,3)4)38-19-24(34-35-38)21-14-23(18-31-16-21)36-10-12-37(13-11-36)30(5,6)7/h8-9,14-19H,10-13H2,1-7H3,(H,33,39). The van der Waals surface area contributed by atoms with E-state index in [-0.39, 0.29) is 16.9 Å². The van der Waals surface area contributed by atoms with Crippen molar-refractivity contribution in [3.8, 4) is 16.9 Å². The third kappa shape index (κ3) is 6.08. The van der Waals surface area contributed by atoms with Crippen molar-refractivity contribution in [2.75, 3.05) is 36.4 Å². The van der Waals surface area contributed by atoms with E-state index >= 15 is 0 Å². The van der Waals surface area contributed by atoms with E-state index < -0.39 is 0 Å². The van der Waals surface area contributed by atoms with Crippen LogP contribution in [0, 0.1) is 6.92 Å². The van der Waals surface area contributed by atoms with Gasteiger partial charge < -0.3 is 10.2 Å². The minimum Gasteiger partial charge on any atom is -0.368 e. The molecule has 5 heterocycles. The number of anilines is 2. The Hall–Kier alpha value is -3.63. The number of nitrogens with zero attached hydrogens (tertiary/aromatic N) is 7. The van der Waals surface area contributed by atoms with Crippen molar-refractivity contribution >= 4 is 28.6 Å². The summed E-state index contributed by atoms with van der Waals surface area (Å²) in [7, 11) is 0. The Kier molecular flexibility index (Phi) is 7.50. The molecule has 1 N–H and O–H groups in total. The summed E-state index contributed by atoms with van der Waals surface area (Å²) in [5.41, 5.74) is 5.04. The SMILES string of the molecule is Cc1ncc(NC(=O)c2ccc(C(C)(C)C)s2)cc1-n1cc(-c2cncc(N3CCN(C(C)(C)C)CC3)c2)nn1. The highest BCUT2D eigenvalue weighted by Crippen LogP contribution is 2.30. The van der Waals surface area contributed by atoms with Crippen LogP contribution < -0.4 is 10.2 Å². The number of pyridine rings is 2. The molecular weight excluding hydrogens is 520 g/mol. The van der Waals surface area contributed by atoms with Crippen LogP contribution in [0.25, 0.3) is 16.9 Å². The number of piperazine rings is 1. The number of hydrogen-bond donors (Lipinski definition) is 1. The lowest BCUT2D eigenvalue weighted by molar-refractivity contribution is 0.103. The Morgan fingerprint density at radius 1 is 0.975 bits per heavy atom. The first-order valence-corrected chi connectivity index (χ1v) is 14.5. The number of rotatable bonds is 5. The summed E-state index contributed by atoms with van der Waals surface area (Å²) in [5, 5.41) is 11.8. The van der Waals surface area contributed by atoms with Gasteiger partial charge in [0.25, 0.3) is 5.91 Å². The molecule has 40 heavy (non-hydrogen) atoms. The van der Waals surface area contributed by atoms with Gasteiger partial charge >= 0.3 is 0 Å². The molecule has 4 aromatic rings. The van der Waals surface area contributed by atoms with Gasteiger partial charge in [-0.2, -0.15) is 0 Å². The smallest absolute Gasteiger partial charge is 0.265 e. The second kappa shape index (κ2) is 10.7. The number of nitrogens with one attached hydrogen (secondary N) is 1. The fourth-order valence-electron chi connectivity index (χ4n) is 4.77. The highest BCUT2D eigenvalue weighted by atomic mass is 32.1. The quantitative estimate of drug-likeness (QED) is 0.343. The first-order valence-electron chi connectivity index (χ1n) is 13.6. The largest absolute Gasteiger partial charge is 0.368 e. The van der Waals surface area contributed by atoms with Crippen LogP contribution in [0.3, 0.4) is 0 Å². The number of carbonyl (C=O) groups excluding carboxylic acids is 1. The molecule has 0 unspecified atom stereocenters. The Morgan fingerprint density at radius 2 is 1.73 bits per heavy atom. The molecule has 0 aliphatic carbocycles. The molecule has 10 heteroatoms. The fraction of sp³-hybridized carbons (Fsp3) is 0.433. The number of carbonyl (C=O) groups is 1. The molecule has 0 radical (unpaired) electrons. The predicted molar refractivity (Wildman–Crippen MR) is 162 cm³/mol. The normalized spacial score (nSPS) is 14.9. The van der Waals surface area contributed by atoms with E-state index in [2.05, 4.69) is 83.0 Å². The Morgan fingerprint density at radius 3 is 2.40 bits per heavy atom. The molecule has 4 aromatic heterocycles. The maximum absolute atomic E-state index is 12.9. The molecule has 1 aliphatic rings. The van der Waals surface area contributed by atoms with Crippen molar-refractivity contribution in [3.05, 3.63) is 64.5 Å². The molecule has 9 nitrogen and oxygen atoms in total. The zero-order valence-electron chi connectivity index (χ0n) is 24.4. The molecule has 0 saturated carbocycles. The van der Waals surface area contributed by atoms with Crippen molar-refractivity contribution in [2.24, 2.45) is 0 Å². The summed E-state index contributed by atoms with van der Waals surface area (Å²) >= 11 is 1.51. The van der Waals surface area contributed by atoms with Crippen LogP contribution in [-0.4, -0.2) is 67.5 Å². The minimum absolute atomic E-state index is 0.00283. The van der Waals surface area contributed by atoms with Gasteiger partial charge in [0.05, 0.1) is 46.2 Å². The summed E-state index contributed by atoms with van der Waals surface area (Å²) in [5.74, 6) is -0.150. The molecule has 0 spiro atoms. The molecular formula is C30H38N8OS. The summed E-state index contributed by atoms with van der Waals surface area (Å²) in [6.45, 7) is 19.1. The second-order valence-electron chi connectivity index (χ2n) is 12.3. The maximum atomic E-state index is 12.9. The van der Waals surface area contributed by atoms with Gasteiger partial charge in [0.15, 0.2) is 0 Å². The molecule has 1 fully saturated rings. The van der Waals surface area contributed by atoms with E-state index in [0.717, 1.165) is 54.5 Å². The van der Waals surface area contributed by atoms with Gasteiger partial charge in [0.2, 0.25) is 0 Å². The van der Waals surface area contributed by atoms with Gasteiger partial charge in [-0.1, -0.05) is 26.0 Å². The van der Waals surface area contributed by atoms with Crippen LogP contribution >= 0.6 is 11.3 Å². The Labute approximate surface area is 240 Å². The zero-order valence-corrected chi connectivity index (χ0v) is 25.2. The summed E-state index contributed by atoms with van der Waals surface area (Å²) in [4.78, 5) is 28.7. The van der Waals surface area contributed by atoms with E-state index in [0.29, 0.717) is 10.6 Å². The minimum atomic E-state index is -0.150. The van der Waals surface area contributed by atoms with Crippen LogP contribution in [-0.2, 0) is 5.41 Å². The van der Waals surface area contributed by atoms with Crippen molar-refractivity contribution in [2.45, 2.75) is 59.4 Å². The number of hydrogen-bond acceptors (Lipinski definition) is 8. The molecule has 5 rings (SSSR count). The third-order valence-electron chi connectivity index (χ3n) is 7.24. The molecule has 0 bridgehead atoms. The van der Waals surface area contributed by atoms with E-state index in [1.54, 1.807) is 10.9 Å². The topological polar surface area (TPSA) is 92.1 Å². The average Bonchev–Trinajstić information content (AvgIpc) is 3.60. The van der Waals surface area contributed by atoms with Gasteiger partial charge in [-0.3, -0.25) is 19.7 Å². The van der Waals surface area contributed by atoms with Crippen LogP contribution in [0.4, 0.5) is 11.4 Å². The fourth-order valence-corrected chi connectivity index (χ4v) is 5.73. The maximum Gasteiger partial charge on any atom is 0.265 e. The number of aryl methyl sites for hydroxylation is 1. The van der Waals surface area contributed by atoms with Gasteiger partial charge in [0.1, 0.15) is 5.69 Å². The lowest BCUT2D eigenvalue weighted by Crippen LogP contribution is -2.53. The van der Waals surface area contributed by atoms with Crippen molar-refractivity contribution < 1.29 is 4.79 Å². The summed E-state index contributed by atoms with van der Waals surface area (Å²) < 4.78 is 1.70. The van der Waals surface area contributed by atoms with Crippen molar-refractivity contribution in [1.29, 1.82) is 0 Å². The van der Waals surface area contributed by atoms with E-state index in [1.807, 2.05) is 43.7 Å². The van der Waals surface area contributed by atoms with E-state index in [9.17, 15) is 4.79 Å². The number of amides is 1. The zero-order chi connectivity index (χ0) is 28.7. The summed E-state index contributed by atoms with van der Waals surface area (Å²) in [6.07, 6.45) is 7.28. The molecule has 0 aromatic carbocycles. The van der Waals surface area contributed by atoms with Crippen LogP contribution in [0.1, 0.15) is 61.8 Å². The predicted octanol–water partition coefficient (Wildman–Crippen LogP) is 5.56. The van der Waals surface area contributed by atoms with Crippen LogP contribution in [0.5, 0.6) is 0 Å². The van der Waals surface area contributed by atoms with E-state index in [4.69, 9.17) is 0 Å². The lowest BCUT2D eigenvalue weighted by atomic mass is 9.95. The van der Waals surface area contributed by atoms with Gasteiger partial charge in [-0.05, 0) is 57.4 Å². The average molecular weight is 559 g/mol. The van der Waals surface area contributed by atoms with Gasteiger partial charge in [-0.15, -0.1) is 16.4 Å². The van der Waals surface area contributed by atoms with Crippen LogP contribution in [0.2, 0.25) is 0 Å². The van der Waals surface area contributed by atoms with E-state index in [1.165, 1.54) is 16.2 Å². The van der Waals surface area contributed by atoms with Crippen LogP contribution in [0.15, 0.2) is 49.1 Å². The first-order chi connectivity index (χ1) is 18.9. The molecule has 210 valence electrons. The second-order valence-corrected chi connectivity index (χ2v) is 13.4. The number of thiophene rings is 1. The Bertz CT molecular complexity index is 1500. The number of aromatic nitrogens is 5. The summed E-state index contributed by atoms with van der Waals surface area (Å²) in [6, 6.07) is 7.90. The molecule has 1 amide bonds. The lowest BCUT2D eigenvalue weighted by Gasteiger charge is -2.43. The van der Waals surface area contributed by atoms with Gasteiger partial charge in [-0.25, -0.2) is 4.68 Å². The van der Waals surface area contributed by atoms with Gasteiger partial charge in [0, 0.05) is 48.4 Å². The third-order valence-corrected chi connectivity index (χ3v) is 8.75. The molecule has 1 aliphatic heterocycles. The Balaban J connectivity index is 1.31. The highest BCUT2D eigenvalue weighted by molar-refractivity contribution is 7.14. The molecule has 0 atom stereocenters. The molecule has 1 saturated heterocycles. The monoisotopic (exact) mass is 558 g/mol. The van der Waals surface area contributed by atoms with Crippen molar-refractivity contribution in [3.63, 3.8) is 0 Å². The van der Waals surface area contributed by atoms with Crippen molar-refractivity contribution in [1.82, 2.24) is 29.9 Å². The highest BCUT2D eigenvalue weighted by Gasteiger charge is 2.26.